The zero-order chi connectivity index (χ0) is 20.9. The van der Waals surface area contributed by atoms with Crippen LogP contribution in [0.15, 0.2) is 46.8 Å². The van der Waals surface area contributed by atoms with E-state index in [1.165, 1.54) is 18.5 Å². The summed E-state index contributed by atoms with van der Waals surface area (Å²) in [5.74, 6) is 0.495. The zero-order valence-corrected chi connectivity index (χ0v) is 17.1. The predicted molar refractivity (Wildman–Crippen MR) is 108 cm³/mol. The van der Waals surface area contributed by atoms with E-state index in [9.17, 15) is 13.2 Å². The third kappa shape index (κ3) is 5.09. The lowest BCUT2D eigenvalue weighted by Crippen LogP contribution is -2.55. The summed E-state index contributed by atoms with van der Waals surface area (Å²) in [5.41, 5.74) is 0.768. The molecule has 11 nitrogen and oxygen atoms in total. The van der Waals surface area contributed by atoms with Crippen LogP contribution in [0.4, 0.5) is 5.69 Å². The highest BCUT2D eigenvalue weighted by Gasteiger charge is 2.27. The van der Waals surface area contributed by atoms with E-state index in [4.69, 9.17) is 0 Å². The largest absolute Gasteiger partial charge is 0.355 e. The number of piperazine rings is 1. The minimum Gasteiger partial charge on any atom is -0.355 e. The fourth-order valence-corrected chi connectivity index (χ4v) is 3.95. The number of carbonyl (C=O) groups excluding carboxylic acids is 1. The van der Waals surface area contributed by atoms with Gasteiger partial charge in [0.2, 0.25) is 15.9 Å². The van der Waals surface area contributed by atoms with Gasteiger partial charge in [0.15, 0.2) is 5.96 Å². The molecule has 12 heteroatoms. The second kappa shape index (κ2) is 9.01. The smallest absolute Gasteiger partial charge is 0.246 e. The molecule has 3 rings (SSSR count). The number of pyridine rings is 1. The van der Waals surface area contributed by atoms with E-state index in [-0.39, 0.29) is 23.9 Å². The average Bonchev–Trinajstić information content (AvgIpc) is 3.14. The van der Waals surface area contributed by atoms with Gasteiger partial charge in [-0.25, -0.2) is 13.1 Å². The van der Waals surface area contributed by atoms with Gasteiger partial charge in [0.05, 0.1) is 11.9 Å². The van der Waals surface area contributed by atoms with Crippen molar-refractivity contribution in [1.29, 1.82) is 0 Å². The van der Waals surface area contributed by atoms with Crippen LogP contribution in [0.2, 0.25) is 0 Å². The van der Waals surface area contributed by atoms with Gasteiger partial charge in [-0.15, -0.1) is 0 Å². The molecule has 0 aromatic carbocycles. The summed E-state index contributed by atoms with van der Waals surface area (Å²) in [7, 11) is -0.180. The molecular weight excluding hydrogens is 396 g/mol. The van der Waals surface area contributed by atoms with Gasteiger partial charge < -0.3 is 15.1 Å². The number of nitrogens with zero attached hydrogens (tertiary/aromatic N) is 6. The molecule has 1 aliphatic heterocycles. The quantitative estimate of drug-likeness (QED) is 0.349. The van der Waals surface area contributed by atoms with Gasteiger partial charge >= 0.3 is 0 Å². The average molecular weight is 420 g/mol. The van der Waals surface area contributed by atoms with Gasteiger partial charge in [0.1, 0.15) is 11.4 Å². The van der Waals surface area contributed by atoms with Crippen LogP contribution in [0.25, 0.3) is 0 Å². The monoisotopic (exact) mass is 420 g/mol. The van der Waals surface area contributed by atoms with E-state index in [0.717, 1.165) is 5.69 Å². The van der Waals surface area contributed by atoms with Crippen molar-refractivity contribution in [3.63, 3.8) is 0 Å². The fourth-order valence-electron chi connectivity index (χ4n) is 2.96. The van der Waals surface area contributed by atoms with Crippen molar-refractivity contribution in [3.05, 3.63) is 36.9 Å². The number of anilines is 1. The van der Waals surface area contributed by atoms with Gasteiger partial charge in [-0.2, -0.15) is 5.10 Å². The Bertz CT molecular complexity index is 974. The fraction of sp³-hybridized carbons (Fsp3) is 0.412. The molecule has 2 N–H and O–H groups in total. The van der Waals surface area contributed by atoms with Gasteiger partial charge in [-0.3, -0.25) is 19.5 Å². The minimum absolute atomic E-state index is 0.0514. The van der Waals surface area contributed by atoms with Gasteiger partial charge in [0.25, 0.3) is 0 Å². The molecule has 2 aromatic rings. The molecule has 0 spiro atoms. The van der Waals surface area contributed by atoms with Crippen LogP contribution in [0.3, 0.4) is 0 Å². The summed E-state index contributed by atoms with van der Waals surface area (Å²) in [6.07, 6.45) is 6.27. The molecule has 2 aromatic heterocycles. The molecule has 1 fully saturated rings. The Labute approximate surface area is 169 Å². The summed E-state index contributed by atoms with van der Waals surface area (Å²) in [5, 5.41) is 7.19. The SMILES string of the molecule is CN=C(NCCNS(=O)(=O)c1cccnc1)N1CCN(c2cnn(C)c2)C(=O)C1. The van der Waals surface area contributed by atoms with Crippen LogP contribution in [-0.4, -0.2) is 79.7 Å². The standard InChI is InChI=1S/C17H24N8O3S/c1-18-17(20-6-7-22-29(27,28)15-4-3-5-19-11-15)24-8-9-25(16(26)13-24)14-10-21-23(2)12-14/h3-5,10-12,22H,6-9,13H2,1-2H3,(H,18,20). The maximum atomic E-state index is 12.5. The van der Waals surface area contributed by atoms with Crippen molar-refractivity contribution < 1.29 is 13.2 Å². The first-order valence-corrected chi connectivity index (χ1v) is 10.5. The maximum absolute atomic E-state index is 12.5. The van der Waals surface area contributed by atoms with E-state index < -0.39 is 10.0 Å². The van der Waals surface area contributed by atoms with Crippen LogP contribution in [0.1, 0.15) is 0 Å². The predicted octanol–water partition coefficient (Wildman–Crippen LogP) is -0.982. The van der Waals surface area contributed by atoms with Gasteiger partial charge in [0, 0.05) is 58.9 Å². The maximum Gasteiger partial charge on any atom is 0.246 e. The first-order chi connectivity index (χ1) is 13.9. The van der Waals surface area contributed by atoms with Crippen LogP contribution in [0, 0.1) is 0 Å². The highest BCUT2D eigenvalue weighted by Crippen LogP contribution is 2.16. The highest BCUT2D eigenvalue weighted by molar-refractivity contribution is 7.89. The Morgan fingerprint density at radius 1 is 1.28 bits per heavy atom. The van der Waals surface area contributed by atoms with Crippen molar-refractivity contribution >= 4 is 27.6 Å². The van der Waals surface area contributed by atoms with E-state index in [2.05, 4.69) is 25.1 Å². The van der Waals surface area contributed by atoms with Crippen molar-refractivity contribution in [2.24, 2.45) is 12.0 Å². The zero-order valence-electron chi connectivity index (χ0n) is 16.3. The number of carbonyl (C=O) groups is 1. The molecule has 0 bridgehead atoms. The number of aliphatic imine (C=N–C) groups is 1. The van der Waals surface area contributed by atoms with E-state index in [0.29, 0.717) is 25.6 Å². The number of sulfonamides is 1. The van der Waals surface area contributed by atoms with E-state index >= 15 is 0 Å². The molecule has 3 heterocycles. The Hall–Kier alpha value is -2.99. The number of hydrogen-bond donors (Lipinski definition) is 2. The Morgan fingerprint density at radius 3 is 2.72 bits per heavy atom. The molecule has 29 heavy (non-hydrogen) atoms. The summed E-state index contributed by atoms with van der Waals surface area (Å²) < 4.78 is 28.5. The second-order valence-corrected chi connectivity index (χ2v) is 8.17. The van der Waals surface area contributed by atoms with Gasteiger partial charge in [-0.05, 0) is 12.1 Å². The molecule has 0 radical (unpaired) electrons. The number of aryl methyl sites for hydroxylation is 1. The first kappa shape index (κ1) is 20.7. The number of aromatic nitrogens is 3. The van der Waals surface area contributed by atoms with Crippen LogP contribution in [0.5, 0.6) is 0 Å². The van der Waals surface area contributed by atoms with Crippen molar-refractivity contribution in [3.8, 4) is 0 Å². The number of nitrogens with one attached hydrogen (secondary N) is 2. The van der Waals surface area contributed by atoms with Crippen molar-refractivity contribution in [1.82, 2.24) is 29.7 Å². The topological polar surface area (TPSA) is 125 Å². The second-order valence-electron chi connectivity index (χ2n) is 6.40. The Kier molecular flexibility index (Phi) is 6.44. The highest BCUT2D eigenvalue weighted by atomic mass is 32.2. The normalized spacial score (nSPS) is 15.7. The molecule has 1 aliphatic rings. The Morgan fingerprint density at radius 2 is 2.10 bits per heavy atom. The molecule has 0 unspecified atom stereocenters. The van der Waals surface area contributed by atoms with Crippen LogP contribution >= 0.6 is 0 Å². The van der Waals surface area contributed by atoms with Crippen LogP contribution < -0.4 is 14.9 Å². The molecule has 0 saturated carbocycles. The first-order valence-electron chi connectivity index (χ1n) is 9.05. The number of guanidine groups is 1. The van der Waals surface area contributed by atoms with E-state index in [1.807, 2.05) is 4.90 Å². The lowest BCUT2D eigenvalue weighted by molar-refractivity contribution is -0.120. The molecule has 0 atom stereocenters. The third-order valence-corrected chi connectivity index (χ3v) is 5.83. The minimum atomic E-state index is -3.61. The summed E-state index contributed by atoms with van der Waals surface area (Å²) in [4.78, 5) is 24.2. The number of rotatable bonds is 6. The van der Waals surface area contributed by atoms with Crippen molar-refractivity contribution in [2.75, 3.05) is 44.7 Å². The summed E-state index contributed by atoms with van der Waals surface area (Å²) in [6.45, 7) is 1.78. The summed E-state index contributed by atoms with van der Waals surface area (Å²) >= 11 is 0. The van der Waals surface area contributed by atoms with Gasteiger partial charge in [-0.1, -0.05) is 0 Å². The lowest BCUT2D eigenvalue weighted by Gasteiger charge is -2.35. The number of amides is 1. The molecular formula is C17H24N8O3S. The van der Waals surface area contributed by atoms with Crippen LogP contribution in [-0.2, 0) is 21.9 Å². The summed E-state index contributed by atoms with van der Waals surface area (Å²) in [6, 6.07) is 3.05. The molecule has 1 saturated heterocycles. The molecule has 156 valence electrons. The third-order valence-electron chi connectivity index (χ3n) is 4.38. The number of hydrogen-bond acceptors (Lipinski definition) is 6. The molecule has 0 aliphatic carbocycles. The lowest BCUT2D eigenvalue weighted by atomic mass is 10.3. The Balaban J connectivity index is 1.49. The molecule has 1 amide bonds. The van der Waals surface area contributed by atoms with Crippen molar-refractivity contribution in [2.45, 2.75) is 4.90 Å². The van der Waals surface area contributed by atoms with E-state index in [1.54, 1.807) is 42.1 Å².